The van der Waals surface area contributed by atoms with Gasteiger partial charge in [0.1, 0.15) is 11.9 Å². The van der Waals surface area contributed by atoms with Gasteiger partial charge in [-0.2, -0.15) is 0 Å². The Bertz CT molecular complexity index is 610. The third kappa shape index (κ3) is 4.26. The minimum atomic E-state index is -0.660. The standard InChI is InChI=1S/C18H25N3O3/c22-16(17-6-4-12-24-17)13-15-5-2-1-3-9-21(15)18(23)7-10-20-11-8-19-14-20/h4,6,8,11-12,14-16,22H,1-3,5,7,9-10,13H2/t15-,16+/m0/s1. The molecule has 2 aromatic rings. The van der Waals surface area contributed by atoms with Gasteiger partial charge in [0.05, 0.1) is 12.6 Å². The second-order valence-electron chi connectivity index (χ2n) is 6.41. The molecule has 3 heterocycles. The number of nitrogens with zero attached hydrogens (tertiary/aromatic N) is 3. The molecule has 3 rings (SSSR count). The van der Waals surface area contributed by atoms with Gasteiger partial charge < -0.3 is 19.0 Å². The summed E-state index contributed by atoms with van der Waals surface area (Å²) in [6, 6.07) is 3.63. The fourth-order valence-corrected chi connectivity index (χ4v) is 3.39. The molecule has 0 unspecified atom stereocenters. The molecule has 0 spiro atoms. The van der Waals surface area contributed by atoms with Crippen LogP contribution < -0.4 is 0 Å². The van der Waals surface area contributed by atoms with Gasteiger partial charge in [0.2, 0.25) is 5.91 Å². The molecule has 2 aromatic heterocycles. The smallest absolute Gasteiger partial charge is 0.224 e. The van der Waals surface area contributed by atoms with Gasteiger partial charge in [-0.3, -0.25) is 4.79 Å². The van der Waals surface area contributed by atoms with Gasteiger partial charge in [0.15, 0.2) is 0 Å². The Labute approximate surface area is 142 Å². The zero-order chi connectivity index (χ0) is 16.8. The number of furan rings is 1. The maximum absolute atomic E-state index is 12.7. The number of hydrogen-bond donors (Lipinski definition) is 1. The van der Waals surface area contributed by atoms with Gasteiger partial charge in [-0.25, -0.2) is 4.98 Å². The Hall–Kier alpha value is -2.08. The molecule has 130 valence electrons. The van der Waals surface area contributed by atoms with E-state index in [2.05, 4.69) is 4.98 Å². The van der Waals surface area contributed by atoms with E-state index in [-0.39, 0.29) is 11.9 Å². The van der Waals surface area contributed by atoms with Crippen molar-refractivity contribution in [3.63, 3.8) is 0 Å². The summed E-state index contributed by atoms with van der Waals surface area (Å²) < 4.78 is 7.22. The van der Waals surface area contributed by atoms with Crippen molar-refractivity contribution in [2.75, 3.05) is 6.54 Å². The number of carbonyl (C=O) groups is 1. The SMILES string of the molecule is O=C(CCn1ccnc1)N1CCCCC[C@H]1C[C@@H](O)c1ccco1. The lowest BCUT2D eigenvalue weighted by Crippen LogP contribution is -2.41. The zero-order valence-electron chi connectivity index (χ0n) is 13.9. The fraction of sp³-hybridized carbons (Fsp3) is 0.556. The van der Waals surface area contributed by atoms with Crippen molar-refractivity contribution in [3.05, 3.63) is 42.9 Å². The number of aliphatic hydroxyl groups excluding tert-OH is 1. The van der Waals surface area contributed by atoms with Crippen molar-refractivity contribution in [2.45, 2.75) is 57.2 Å². The number of carbonyl (C=O) groups excluding carboxylic acids is 1. The van der Waals surface area contributed by atoms with Crippen LogP contribution in [-0.2, 0) is 11.3 Å². The van der Waals surface area contributed by atoms with Crippen LogP contribution in [0.5, 0.6) is 0 Å². The molecule has 0 aliphatic carbocycles. The van der Waals surface area contributed by atoms with Crippen LogP contribution in [0.4, 0.5) is 0 Å². The molecule has 1 N–H and O–H groups in total. The maximum Gasteiger partial charge on any atom is 0.224 e. The molecule has 24 heavy (non-hydrogen) atoms. The summed E-state index contributed by atoms with van der Waals surface area (Å²) in [5.41, 5.74) is 0. The summed E-state index contributed by atoms with van der Waals surface area (Å²) in [5, 5.41) is 10.4. The van der Waals surface area contributed by atoms with Crippen LogP contribution in [0.2, 0.25) is 0 Å². The summed E-state index contributed by atoms with van der Waals surface area (Å²) in [4.78, 5) is 18.7. The predicted octanol–water partition coefficient (Wildman–Crippen LogP) is 2.76. The Morgan fingerprint density at radius 1 is 1.42 bits per heavy atom. The summed E-state index contributed by atoms with van der Waals surface area (Å²) >= 11 is 0. The first-order chi connectivity index (χ1) is 11.7. The number of rotatable bonds is 6. The maximum atomic E-state index is 12.7. The average Bonchev–Trinajstić information content (AvgIpc) is 3.24. The van der Waals surface area contributed by atoms with Crippen molar-refractivity contribution in [3.8, 4) is 0 Å². The molecule has 1 fully saturated rings. The first-order valence-corrected chi connectivity index (χ1v) is 8.70. The Morgan fingerprint density at radius 2 is 2.33 bits per heavy atom. The molecule has 1 saturated heterocycles. The Balaban J connectivity index is 1.61. The number of hydrogen-bond acceptors (Lipinski definition) is 4. The summed E-state index contributed by atoms with van der Waals surface area (Å²) in [7, 11) is 0. The number of aliphatic hydroxyl groups is 1. The fourth-order valence-electron chi connectivity index (χ4n) is 3.39. The molecular weight excluding hydrogens is 306 g/mol. The zero-order valence-corrected chi connectivity index (χ0v) is 13.9. The molecule has 6 heteroatoms. The third-order valence-electron chi connectivity index (χ3n) is 4.71. The Morgan fingerprint density at radius 3 is 3.08 bits per heavy atom. The second kappa shape index (κ2) is 8.15. The average molecular weight is 331 g/mol. The van der Waals surface area contributed by atoms with E-state index in [1.165, 1.54) is 0 Å². The highest BCUT2D eigenvalue weighted by Crippen LogP contribution is 2.27. The molecule has 1 amide bonds. The van der Waals surface area contributed by atoms with Crippen LogP contribution in [0.1, 0.15) is 50.4 Å². The van der Waals surface area contributed by atoms with E-state index in [0.717, 1.165) is 32.2 Å². The number of amides is 1. The van der Waals surface area contributed by atoms with Crippen molar-refractivity contribution < 1.29 is 14.3 Å². The van der Waals surface area contributed by atoms with Gasteiger partial charge in [0.25, 0.3) is 0 Å². The highest BCUT2D eigenvalue weighted by Gasteiger charge is 2.28. The van der Waals surface area contributed by atoms with Crippen molar-refractivity contribution in [2.24, 2.45) is 0 Å². The van der Waals surface area contributed by atoms with Crippen LogP contribution in [0.25, 0.3) is 0 Å². The largest absolute Gasteiger partial charge is 0.467 e. The highest BCUT2D eigenvalue weighted by molar-refractivity contribution is 5.76. The molecule has 0 aromatic carbocycles. The number of likely N-dealkylation sites (tertiary alicyclic amines) is 1. The van der Waals surface area contributed by atoms with Gasteiger partial charge in [0, 0.05) is 44.4 Å². The van der Waals surface area contributed by atoms with E-state index in [9.17, 15) is 9.90 Å². The van der Waals surface area contributed by atoms with Gasteiger partial charge >= 0.3 is 0 Å². The summed E-state index contributed by atoms with van der Waals surface area (Å²) in [6.07, 6.45) is 11.4. The minimum absolute atomic E-state index is 0.0721. The quantitative estimate of drug-likeness (QED) is 0.883. The molecule has 0 radical (unpaired) electrons. The lowest BCUT2D eigenvalue weighted by Gasteiger charge is -2.31. The molecule has 0 bridgehead atoms. The minimum Gasteiger partial charge on any atom is -0.467 e. The van der Waals surface area contributed by atoms with Gasteiger partial charge in [-0.1, -0.05) is 12.8 Å². The van der Waals surface area contributed by atoms with E-state index < -0.39 is 6.10 Å². The molecule has 0 saturated carbocycles. The lowest BCUT2D eigenvalue weighted by atomic mass is 10.0. The molecule has 6 nitrogen and oxygen atoms in total. The summed E-state index contributed by atoms with van der Waals surface area (Å²) in [6.45, 7) is 1.42. The Kier molecular flexibility index (Phi) is 5.69. The van der Waals surface area contributed by atoms with Gasteiger partial charge in [-0.15, -0.1) is 0 Å². The van der Waals surface area contributed by atoms with E-state index in [4.69, 9.17) is 4.42 Å². The monoisotopic (exact) mass is 331 g/mol. The van der Waals surface area contributed by atoms with E-state index in [1.54, 1.807) is 30.9 Å². The van der Waals surface area contributed by atoms with Crippen LogP contribution in [0.3, 0.4) is 0 Å². The molecular formula is C18H25N3O3. The van der Waals surface area contributed by atoms with E-state index in [0.29, 0.717) is 25.1 Å². The topological polar surface area (TPSA) is 71.5 Å². The van der Waals surface area contributed by atoms with Crippen LogP contribution in [-0.4, -0.2) is 38.1 Å². The van der Waals surface area contributed by atoms with Gasteiger partial charge in [-0.05, 0) is 25.0 Å². The number of imidazole rings is 1. The second-order valence-corrected chi connectivity index (χ2v) is 6.41. The normalized spacial score (nSPS) is 19.9. The predicted molar refractivity (Wildman–Crippen MR) is 89.1 cm³/mol. The van der Waals surface area contributed by atoms with Crippen molar-refractivity contribution >= 4 is 5.91 Å². The number of aromatic nitrogens is 2. The van der Waals surface area contributed by atoms with Crippen LogP contribution >= 0.6 is 0 Å². The van der Waals surface area contributed by atoms with Crippen LogP contribution in [0, 0.1) is 0 Å². The van der Waals surface area contributed by atoms with Crippen LogP contribution in [0.15, 0.2) is 41.5 Å². The number of aryl methyl sites for hydroxylation is 1. The molecule has 1 aliphatic rings. The summed E-state index contributed by atoms with van der Waals surface area (Å²) in [5.74, 6) is 0.729. The van der Waals surface area contributed by atoms with E-state index in [1.807, 2.05) is 15.7 Å². The molecule has 2 atom stereocenters. The molecule has 1 aliphatic heterocycles. The highest BCUT2D eigenvalue weighted by atomic mass is 16.4. The van der Waals surface area contributed by atoms with E-state index >= 15 is 0 Å². The first kappa shape index (κ1) is 16.8. The lowest BCUT2D eigenvalue weighted by molar-refractivity contribution is -0.134. The third-order valence-corrected chi connectivity index (χ3v) is 4.71. The first-order valence-electron chi connectivity index (χ1n) is 8.70. The van der Waals surface area contributed by atoms with Crippen molar-refractivity contribution in [1.29, 1.82) is 0 Å². The van der Waals surface area contributed by atoms with Crippen molar-refractivity contribution in [1.82, 2.24) is 14.5 Å².